The summed E-state index contributed by atoms with van der Waals surface area (Å²) in [6, 6.07) is 9.92. The van der Waals surface area contributed by atoms with Gasteiger partial charge in [-0.15, -0.1) is 0 Å². The van der Waals surface area contributed by atoms with E-state index >= 15 is 0 Å². The van der Waals surface area contributed by atoms with Crippen molar-refractivity contribution in [1.82, 2.24) is 0 Å². The number of benzene rings is 1. The minimum atomic E-state index is -0.872. The zero-order valence-corrected chi connectivity index (χ0v) is 7.72. The fraction of sp³-hybridized carbons (Fsp3) is 0.333. The average Bonchev–Trinajstić information content (AvgIpc) is 2.03. The summed E-state index contributed by atoms with van der Waals surface area (Å²) in [4.78, 5) is 0. The third-order valence-corrected chi connectivity index (χ3v) is 1.95. The molecule has 2 heteroatoms. The van der Waals surface area contributed by atoms with Gasteiger partial charge in [-0.1, -0.05) is 46.3 Å². The van der Waals surface area contributed by atoms with Crippen LogP contribution < -0.4 is 0 Å². The van der Waals surface area contributed by atoms with Crippen molar-refractivity contribution >= 4 is 15.9 Å². The standard InChI is InChI=1S/C9H10BrF/c10-9(11)7-6-8-4-2-1-3-5-8/h1-5,9H,6-7H2/t9-/m0/s1. The Hall–Kier alpha value is -0.370. The maximum absolute atomic E-state index is 12.3. The largest absolute Gasteiger partial charge is 0.235 e. The topological polar surface area (TPSA) is 0 Å². The molecule has 0 nitrogen and oxygen atoms in total. The van der Waals surface area contributed by atoms with Crippen LogP contribution in [-0.4, -0.2) is 5.08 Å². The highest BCUT2D eigenvalue weighted by Gasteiger charge is 1.99. The van der Waals surface area contributed by atoms with Gasteiger partial charge in [-0.3, -0.25) is 0 Å². The van der Waals surface area contributed by atoms with Gasteiger partial charge in [-0.05, 0) is 18.4 Å². The third kappa shape index (κ3) is 3.51. The van der Waals surface area contributed by atoms with Gasteiger partial charge in [0.25, 0.3) is 0 Å². The minimum Gasteiger partial charge on any atom is -0.235 e. The molecule has 1 aromatic carbocycles. The molecule has 0 amide bonds. The van der Waals surface area contributed by atoms with Crippen LogP contribution in [0.15, 0.2) is 30.3 Å². The van der Waals surface area contributed by atoms with Gasteiger partial charge in [0.1, 0.15) is 0 Å². The molecule has 0 saturated carbocycles. The number of hydrogen-bond donors (Lipinski definition) is 0. The molecule has 0 aliphatic heterocycles. The van der Waals surface area contributed by atoms with Crippen molar-refractivity contribution in [3.05, 3.63) is 35.9 Å². The Kier molecular flexibility index (Phi) is 3.57. The molecule has 0 radical (unpaired) electrons. The molecular formula is C9H10BrF. The molecule has 0 N–H and O–H groups in total. The van der Waals surface area contributed by atoms with Gasteiger partial charge in [0.2, 0.25) is 0 Å². The smallest absolute Gasteiger partial charge is 0.155 e. The first kappa shape index (κ1) is 8.72. The summed E-state index contributed by atoms with van der Waals surface area (Å²) in [5, 5.41) is -0.872. The van der Waals surface area contributed by atoms with Crippen LogP contribution in [0.2, 0.25) is 0 Å². The third-order valence-electron chi connectivity index (χ3n) is 1.49. The quantitative estimate of drug-likeness (QED) is 0.681. The first-order valence-corrected chi connectivity index (χ1v) is 4.52. The van der Waals surface area contributed by atoms with Crippen molar-refractivity contribution in [3.8, 4) is 0 Å². The van der Waals surface area contributed by atoms with Gasteiger partial charge in [0.05, 0.1) is 0 Å². The van der Waals surface area contributed by atoms with Crippen molar-refractivity contribution in [2.75, 3.05) is 0 Å². The molecule has 0 aliphatic rings. The van der Waals surface area contributed by atoms with Crippen molar-refractivity contribution < 1.29 is 4.39 Å². The van der Waals surface area contributed by atoms with Crippen LogP contribution in [0.5, 0.6) is 0 Å². The molecule has 0 bridgehead atoms. The van der Waals surface area contributed by atoms with Crippen molar-refractivity contribution in [2.24, 2.45) is 0 Å². The lowest BCUT2D eigenvalue weighted by Gasteiger charge is -1.99. The number of hydrogen-bond acceptors (Lipinski definition) is 0. The second kappa shape index (κ2) is 4.50. The number of alkyl halides is 2. The Balaban J connectivity index is 2.39. The number of rotatable bonds is 3. The lowest BCUT2D eigenvalue weighted by Crippen LogP contribution is -1.91. The van der Waals surface area contributed by atoms with Crippen molar-refractivity contribution in [1.29, 1.82) is 0 Å². The number of halogens is 2. The Labute approximate surface area is 74.6 Å². The van der Waals surface area contributed by atoms with Gasteiger partial charge in [-0.2, -0.15) is 0 Å². The zero-order valence-electron chi connectivity index (χ0n) is 6.13. The van der Waals surface area contributed by atoms with Gasteiger partial charge in [0, 0.05) is 0 Å². The summed E-state index contributed by atoms with van der Waals surface area (Å²) < 4.78 is 12.3. The molecule has 0 heterocycles. The van der Waals surface area contributed by atoms with E-state index in [-0.39, 0.29) is 0 Å². The zero-order chi connectivity index (χ0) is 8.10. The lowest BCUT2D eigenvalue weighted by molar-refractivity contribution is 0.438. The second-order valence-electron chi connectivity index (χ2n) is 2.42. The monoisotopic (exact) mass is 216 g/mol. The van der Waals surface area contributed by atoms with E-state index in [2.05, 4.69) is 15.9 Å². The van der Waals surface area contributed by atoms with Crippen molar-refractivity contribution in [2.45, 2.75) is 17.9 Å². The Morgan fingerprint density at radius 3 is 2.45 bits per heavy atom. The molecule has 1 rings (SSSR count). The van der Waals surface area contributed by atoms with E-state index in [4.69, 9.17) is 0 Å². The Bertz CT molecular complexity index is 196. The van der Waals surface area contributed by atoms with Gasteiger partial charge in [-0.25, -0.2) is 4.39 Å². The molecule has 0 aliphatic carbocycles. The highest BCUT2D eigenvalue weighted by molar-refractivity contribution is 9.09. The summed E-state index contributed by atoms with van der Waals surface area (Å²) in [6.07, 6.45) is 1.34. The fourth-order valence-electron chi connectivity index (χ4n) is 0.920. The van der Waals surface area contributed by atoms with E-state index in [9.17, 15) is 4.39 Å². The summed E-state index contributed by atoms with van der Waals surface area (Å²) in [6.45, 7) is 0. The maximum Gasteiger partial charge on any atom is 0.155 e. The first-order chi connectivity index (χ1) is 5.29. The minimum absolute atomic E-state index is 0.546. The molecule has 0 saturated heterocycles. The Morgan fingerprint density at radius 2 is 1.91 bits per heavy atom. The lowest BCUT2D eigenvalue weighted by atomic mass is 10.1. The van der Waals surface area contributed by atoms with Crippen LogP contribution in [0, 0.1) is 0 Å². The maximum atomic E-state index is 12.3. The predicted octanol–water partition coefficient (Wildman–Crippen LogP) is 3.31. The van der Waals surface area contributed by atoms with E-state index in [0.717, 1.165) is 6.42 Å². The highest BCUT2D eigenvalue weighted by atomic mass is 79.9. The highest BCUT2D eigenvalue weighted by Crippen LogP contribution is 2.11. The van der Waals surface area contributed by atoms with Gasteiger partial charge in [0.15, 0.2) is 5.08 Å². The van der Waals surface area contributed by atoms with E-state index < -0.39 is 5.08 Å². The molecule has 0 fully saturated rings. The van der Waals surface area contributed by atoms with Gasteiger partial charge >= 0.3 is 0 Å². The second-order valence-corrected chi connectivity index (χ2v) is 3.41. The molecular weight excluding hydrogens is 207 g/mol. The molecule has 0 aromatic heterocycles. The van der Waals surface area contributed by atoms with E-state index in [1.54, 1.807) is 0 Å². The van der Waals surface area contributed by atoms with E-state index in [1.807, 2.05) is 30.3 Å². The van der Waals surface area contributed by atoms with Crippen LogP contribution >= 0.6 is 15.9 Å². The number of aryl methyl sites for hydroxylation is 1. The molecule has 11 heavy (non-hydrogen) atoms. The normalized spacial score (nSPS) is 12.9. The summed E-state index contributed by atoms with van der Waals surface area (Å²) >= 11 is 2.87. The van der Waals surface area contributed by atoms with Crippen LogP contribution in [0.4, 0.5) is 4.39 Å². The fourth-order valence-corrected chi connectivity index (χ4v) is 1.15. The first-order valence-electron chi connectivity index (χ1n) is 3.61. The van der Waals surface area contributed by atoms with Crippen LogP contribution in [0.3, 0.4) is 0 Å². The van der Waals surface area contributed by atoms with Crippen LogP contribution in [0.25, 0.3) is 0 Å². The van der Waals surface area contributed by atoms with Gasteiger partial charge < -0.3 is 0 Å². The molecule has 1 atom stereocenters. The molecule has 0 spiro atoms. The van der Waals surface area contributed by atoms with Crippen molar-refractivity contribution in [3.63, 3.8) is 0 Å². The van der Waals surface area contributed by atoms with Crippen LogP contribution in [-0.2, 0) is 6.42 Å². The summed E-state index contributed by atoms with van der Waals surface area (Å²) in [7, 11) is 0. The average molecular weight is 217 g/mol. The SMILES string of the molecule is F[C@H](Br)CCc1ccccc1. The van der Waals surface area contributed by atoms with E-state index in [0.29, 0.717) is 6.42 Å². The summed E-state index contributed by atoms with van der Waals surface area (Å²) in [5.41, 5.74) is 1.19. The predicted molar refractivity (Wildman–Crippen MR) is 48.6 cm³/mol. The summed E-state index contributed by atoms with van der Waals surface area (Å²) in [5.74, 6) is 0. The van der Waals surface area contributed by atoms with E-state index in [1.165, 1.54) is 5.56 Å². The Morgan fingerprint density at radius 1 is 1.27 bits per heavy atom. The van der Waals surface area contributed by atoms with Crippen LogP contribution in [0.1, 0.15) is 12.0 Å². The molecule has 1 aromatic rings. The molecule has 60 valence electrons. The molecule has 0 unspecified atom stereocenters.